The van der Waals surface area contributed by atoms with Crippen molar-refractivity contribution in [2.24, 2.45) is 0 Å². The lowest BCUT2D eigenvalue weighted by Gasteiger charge is -2.14. The SMILES string of the molecule is CCC(O)CCc1cc(CCC(O)CC)cc(CCC(O)CC)c1. The lowest BCUT2D eigenvalue weighted by atomic mass is 9.94. The van der Waals surface area contributed by atoms with E-state index in [0.717, 1.165) is 57.8 Å². The largest absolute Gasteiger partial charge is 0.393 e. The summed E-state index contributed by atoms with van der Waals surface area (Å²) in [4.78, 5) is 0. The number of rotatable bonds is 12. The van der Waals surface area contributed by atoms with E-state index in [1.54, 1.807) is 0 Å². The maximum Gasteiger partial charge on any atom is 0.0540 e. The molecule has 0 fully saturated rings. The highest BCUT2D eigenvalue weighted by Crippen LogP contribution is 2.18. The van der Waals surface area contributed by atoms with Gasteiger partial charge in [0.05, 0.1) is 18.3 Å². The van der Waals surface area contributed by atoms with Crippen molar-refractivity contribution in [3.63, 3.8) is 0 Å². The fraction of sp³-hybridized carbons (Fsp3) is 0.714. The third-order valence-electron chi connectivity index (χ3n) is 4.82. The molecule has 0 aliphatic carbocycles. The van der Waals surface area contributed by atoms with Gasteiger partial charge in [-0.3, -0.25) is 0 Å². The Bertz CT molecular complexity index is 379. The highest BCUT2D eigenvalue weighted by Gasteiger charge is 2.08. The summed E-state index contributed by atoms with van der Waals surface area (Å²) in [5.74, 6) is 0. The van der Waals surface area contributed by atoms with Crippen LogP contribution in [0.2, 0.25) is 0 Å². The maximum atomic E-state index is 9.81. The molecule has 0 bridgehead atoms. The summed E-state index contributed by atoms with van der Waals surface area (Å²) < 4.78 is 0. The van der Waals surface area contributed by atoms with Crippen LogP contribution in [0.3, 0.4) is 0 Å². The van der Waals surface area contributed by atoms with E-state index < -0.39 is 0 Å². The van der Waals surface area contributed by atoms with Gasteiger partial charge in [-0.25, -0.2) is 0 Å². The van der Waals surface area contributed by atoms with Crippen LogP contribution < -0.4 is 0 Å². The van der Waals surface area contributed by atoms with Crippen molar-refractivity contribution >= 4 is 0 Å². The molecule has 0 aromatic heterocycles. The zero-order valence-electron chi connectivity index (χ0n) is 15.7. The summed E-state index contributed by atoms with van der Waals surface area (Å²) in [5, 5.41) is 29.4. The molecule has 1 rings (SSSR count). The summed E-state index contributed by atoms with van der Waals surface area (Å²) in [6, 6.07) is 6.64. The smallest absolute Gasteiger partial charge is 0.0540 e. The second-order valence-electron chi connectivity index (χ2n) is 6.96. The first-order valence-corrected chi connectivity index (χ1v) is 9.64. The molecule has 3 nitrogen and oxygen atoms in total. The van der Waals surface area contributed by atoms with Crippen molar-refractivity contribution < 1.29 is 15.3 Å². The van der Waals surface area contributed by atoms with E-state index in [4.69, 9.17) is 0 Å². The monoisotopic (exact) mass is 336 g/mol. The number of aliphatic hydroxyl groups excluding tert-OH is 3. The number of hydrogen-bond acceptors (Lipinski definition) is 3. The Morgan fingerprint density at radius 3 is 1.04 bits per heavy atom. The first-order chi connectivity index (χ1) is 11.5. The second kappa shape index (κ2) is 11.6. The Labute approximate surface area is 147 Å². The Morgan fingerprint density at radius 1 is 0.583 bits per heavy atom. The quantitative estimate of drug-likeness (QED) is 0.544. The van der Waals surface area contributed by atoms with E-state index in [-0.39, 0.29) is 18.3 Å². The Hall–Kier alpha value is -0.900. The summed E-state index contributed by atoms with van der Waals surface area (Å²) in [5.41, 5.74) is 3.77. The number of aliphatic hydroxyl groups is 3. The van der Waals surface area contributed by atoms with Gasteiger partial charge in [-0.2, -0.15) is 0 Å². The van der Waals surface area contributed by atoms with Crippen LogP contribution in [0.1, 0.15) is 76.0 Å². The molecule has 0 aliphatic rings. The molecule has 138 valence electrons. The Balaban J connectivity index is 2.79. The van der Waals surface area contributed by atoms with Crippen molar-refractivity contribution in [3.05, 3.63) is 34.9 Å². The van der Waals surface area contributed by atoms with Crippen molar-refractivity contribution in [3.8, 4) is 0 Å². The van der Waals surface area contributed by atoms with Gasteiger partial charge in [-0.1, -0.05) is 39.0 Å². The Morgan fingerprint density at radius 2 is 0.833 bits per heavy atom. The molecular formula is C21H36O3. The summed E-state index contributed by atoms with van der Waals surface area (Å²) in [6.07, 6.45) is 6.65. The van der Waals surface area contributed by atoms with E-state index in [2.05, 4.69) is 18.2 Å². The van der Waals surface area contributed by atoms with Crippen molar-refractivity contribution in [1.82, 2.24) is 0 Å². The number of aryl methyl sites for hydroxylation is 3. The van der Waals surface area contributed by atoms with Gasteiger partial charge in [0.15, 0.2) is 0 Å². The van der Waals surface area contributed by atoms with Gasteiger partial charge in [-0.05, 0) is 74.5 Å². The molecule has 0 spiro atoms. The molecule has 0 aliphatic heterocycles. The van der Waals surface area contributed by atoms with E-state index in [9.17, 15) is 15.3 Å². The first kappa shape index (κ1) is 21.1. The minimum atomic E-state index is -0.235. The molecular weight excluding hydrogens is 300 g/mol. The average Bonchev–Trinajstić information content (AvgIpc) is 2.61. The summed E-state index contributed by atoms with van der Waals surface area (Å²) >= 11 is 0. The average molecular weight is 337 g/mol. The lowest BCUT2D eigenvalue weighted by Crippen LogP contribution is -2.09. The second-order valence-corrected chi connectivity index (χ2v) is 6.96. The molecule has 0 amide bonds. The maximum absolute atomic E-state index is 9.81. The van der Waals surface area contributed by atoms with Crippen molar-refractivity contribution in [2.45, 2.75) is 96.9 Å². The third kappa shape index (κ3) is 8.27. The van der Waals surface area contributed by atoms with Gasteiger partial charge in [0.25, 0.3) is 0 Å². The molecule has 3 unspecified atom stereocenters. The van der Waals surface area contributed by atoms with Crippen molar-refractivity contribution in [1.29, 1.82) is 0 Å². The third-order valence-corrected chi connectivity index (χ3v) is 4.82. The predicted molar refractivity (Wildman–Crippen MR) is 100 cm³/mol. The number of benzene rings is 1. The molecule has 3 N–H and O–H groups in total. The normalized spacial score (nSPS) is 15.2. The van der Waals surface area contributed by atoms with Crippen LogP contribution in [0, 0.1) is 0 Å². The van der Waals surface area contributed by atoms with Gasteiger partial charge in [0.2, 0.25) is 0 Å². The zero-order valence-corrected chi connectivity index (χ0v) is 15.7. The summed E-state index contributed by atoms with van der Waals surface area (Å²) in [7, 11) is 0. The summed E-state index contributed by atoms with van der Waals surface area (Å²) in [6.45, 7) is 6.01. The van der Waals surface area contributed by atoms with E-state index in [1.807, 2.05) is 20.8 Å². The van der Waals surface area contributed by atoms with Crippen LogP contribution in [0.5, 0.6) is 0 Å². The fourth-order valence-electron chi connectivity index (χ4n) is 2.88. The molecule has 1 aromatic carbocycles. The van der Waals surface area contributed by atoms with Crippen LogP contribution in [0.25, 0.3) is 0 Å². The lowest BCUT2D eigenvalue weighted by molar-refractivity contribution is 0.160. The molecule has 3 heteroatoms. The molecule has 0 saturated carbocycles. The van der Waals surface area contributed by atoms with Crippen LogP contribution in [-0.2, 0) is 19.3 Å². The molecule has 24 heavy (non-hydrogen) atoms. The number of hydrogen-bond donors (Lipinski definition) is 3. The van der Waals surface area contributed by atoms with Gasteiger partial charge in [0, 0.05) is 0 Å². The van der Waals surface area contributed by atoms with Crippen LogP contribution >= 0.6 is 0 Å². The Kier molecular flexibility index (Phi) is 10.2. The molecule has 0 heterocycles. The van der Waals surface area contributed by atoms with E-state index in [1.165, 1.54) is 16.7 Å². The highest BCUT2D eigenvalue weighted by molar-refractivity contribution is 5.31. The highest BCUT2D eigenvalue weighted by atomic mass is 16.3. The van der Waals surface area contributed by atoms with Gasteiger partial charge in [0.1, 0.15) is 0 Å². The van der Waals surface area contributed by atoms with E-state index in [0.29, 0.717) is 0 Å². The fourth-order valence-corrected chi connectivity index (χ4v) is 2.88. The van der Waals surface area contributed by atoms with Gasteiger partial charge < -0.3 is 15.3 Å². The van der Waals surface area contributed by atoms with Crippen LogP contribution in [0.4, 0.5) is 0 Å². The predicted octanol–water partition coefficient (Wildman–Crippen LogP) is 3.80. The topological polar surface area (TPSA) is 60.7 Å². The van der Waals surface area contributed by atoms with Gasteiger partial charge >= 0.3 is 0 Å². The van der Waals surface area contributed by atoms with E-state index >= 15 is 0 Å². The molecule has 3 atom stereocenters. The molecule has 0 radical (unpaired) electrons. The molecule has 1 aromatic rings. The van der Waals surface area contributed by atoms with Crippen LogP contribution in [0.15, 0.2) is 18.2 Å². The van der Waals surface area contributed by atoms with Crippen LogP contribution in [-0.4, -0.2) is 33.6 Å². The van der Waals surface area contributed by atoms with Crippen molar-refractivity contribution in [2.75, 3.05) is 0 Å². The zero-order chi connectivity index (χ0) is 17.9. The standard InChI is InChI=1S/C21H36O3/c1-4-19(22)10-7-16-13-17(8-11-20(23)5-2)15-18(14-16)9-12-21(24)6-3/h13-15,19-24H,4-12H2,1-3H3. The minimum absolute atomic E-state index is 0.235. The van der Waals surface area contributed by atoms with Gasteiger partial charge in [-0.15, -0.1) is 0 Å². The minimum Gasteiger partial charge on any atom is -0.393 e. The molecule has 0 saturated heterocycles. The first-order valence-electron chi connectivity index (χ1n) is 9.64.